The van der Waals surface area contributed by atoms with Crippen LogP contribution in [0.5, 0.6) is 11.6 Å². The minimum Gasteiger partial charge on any atom is -0.491 e. The molecule has 1 aromatic heterocycles. The van der Waals surface area contributed by atoms with Crippen molar-refractivity contribution in [3.8, 4) is 22.8 Å². The lowest BCUT2D eigenvalue weighted by Crippen LogP contribution is -2.21. The fourth-order valence-electron chi connectivity index (χ4n) is 6.45. The minimum absolute atomic E-state index is 0.00460. The molecule has 2 saturated carbocycles. The van der Waals surface area contributed by atoms with Crippen LogP contribution in [0.3, 0.4) is 0 Å². The first-order chi connectivity index (χ1) is 18.3. The van der Waals surface area contributed by atoms with Crippen molar-refractivity contribution in [1.82, 2.24) is 4.98 Å². The molecule has 7 nitrogen and oxygen atoms in total. The number of carbonyl (C=O) groups is 1. The van der Waals surface area contributed by atoms with Gasteiger partial charge in [0.05, 0.1) is 18.6 Å². The molecule has 0 radical (unpaired) electrons. The van der Waals surface area contributed by atoms with E-state index in [9.17, 15) is 14.3 Å². The summed E-state index contributed by atoms with van der Waals surface area (Å²) in [6, 6.07) is 10.6. The molecule has 3 aromatic rings. The number of aryl methyl sites for hydroxylation is 2. The van der Waals surface area contributed by atoms with Gasteiger partial charge < -0.3 is 24.4 Å². The number of rotatable bonds is 10. The van der Waals surface area contributed by atoms with Crippen LogP contribution in [-0.2, 0) is 16.1 Å². The molecule has 1 heterocycles. The van der Waals surface area contributed by atoms with Crippen LogP contribution in [0.15, 0.2) is 42.6 Å². The van der Waals surface area contributed by atoms with Crippen LogP contribution >= 0.6 is 0 Å². The van der Waals surface area contributed by atoms with E-state index in [4.69, 9.17) is 19.3 Å². The number of ether oxygens (including phenoxy) is 3. The van der Waals surface area contributed by atoms with Crippen molar-refractivity contribution in [2.45, 2.75) is 45.3 Å². The van der Waals surface area contributed by atoms with E-state index in [1.54, 1.807) is 18.3 Å². The highest BCUT2D eigenvalue weighted by molar-refractivity contribution is 5.95. The summed E-state index contributed by atoms with van der Waals surface area (Å²) in [5.41, 5.74) is 5.95. The Morgan fingerprint density at radius 2 is 1.84 bits per heavy atom. The molecule has 2 bridgehead atoms. The van der Waals surface area contributed by atoms with Gasteiger partial charge in [0.25, 0.3) is 0 Å². The van der Waals surface area contributed by atoms with E-state index in [1.165, 1.54) is 6.07 Å². The Hall–Kier alpha value is -3.49. The van der Waals surface area contributed by atoms with E-state index >= 15 is 0 Å². The zero-order valence-corrected chi connectivity index (χ0v) is 21.5. The van der Waals surface area contributed by atoms with Gasteiger partial charge in [0.2, 0.25) is 5.88 Å². The number of esters is 1. The van der Waals surface area contributed by atoms with E-state index in [0.29, 0.717) is 29.7 Å². The zero-order chi connectivity index (χ0) is 26.8. The Kier molecular flexibility index (Phi) is 5.92. The molecule has 0 amide bonds. The number of nitrogens with zero attached hydrogens (tertiary/aromatic N) is 1. The first-order valence-corrected chi connectivity index (χ1v) is 12.9. The van der Waals surface area contributed by atoms with Gasteiger partial charge in [-0.2, -0.15) is 0 Å². The normalized spacial score (nSPS) is 24.3. The molecule has 7 rings (SSSR count). The van der Waals surface area contributed by atoms with Crippen molar-refractivity contribution in [2.24, 2.45) is 11.3 Å². The van der Waals surface area contributed by atoms with Crippen molar-refractivity contribution in [2.75, 3.05) is 19.8 Å². The summed E-state index contributed by atoms with van der Waals surface area (Å²) in [7, 11) is 0. The van der Waals surface area contributed by atoms with Gasteiger partial charge in [0.15, 0.2) is 0 Å². The van der Waals surface area contributed by atoms with Crippen molar-refractivity contribution < 1.29 is 33.6 Å². The summed E-state index contributed by atoms with van der Waals surface area (Å²) in [6.07, 6.45) is 0.847. The predicted octanol–water partition coefficient (Wildman–Crippen LogP) is 4.19. The summed E-state index contributed by atoms with van der Waals surface area (Å²) in [5, 5.41) is 18.5. The average molecular weight is 520 g/mol. The first kappa shape index (κ1) is 24.8. The maximum atomic E-state index is 14.8. The number of hydrogen-bond donors (Lipinski definition) is 2. The maximum absolute atomic E-state index is 14.8. The van der Waals surface area contributed by atoms with Crippen LogP contribution < -0.4 is 9.47 Å². The largest absolute Gasteiger partial charge is 0.491 e. The number of hydrogen-bond acceptors (Lipinski definition) is 7. The lowest BCUT2D eigenvalue weighted by molar-refractivity contribution is -0.147. The highest BCUT2D eigenvalue weighted by atomic mass is 19.1. The lowest BCUT2D eigenvalue weighted by atomic mass is 9.94. The molecule has 2 unspecified atom stereocenters. The second-order valence-corrected chi connectivity index (χ2v) is 10.5. The predicted molar refractivity (Wildman–Crippen MR) is 137 cm³/mol. The molecule has 0 saturated heterocycles. The van der Waals surface area contributed by atoms with E-state index < -0.39 is 6.10 Å². The van der Waals surface area contributed by atoms with Crippen LogP contribution in [-0.4, -0.2) is 47.1 Å². The number of aliphatic hydroxyl groups excluding tert-OH is 2. The standard InChI is InChI=1S/C30H30FNO6/c1-4-36-29(35)30-26-21-10-24(32-11-22(21)27(30)28(26)30)38-13-18-9-17(5-6-23(18)31)25-15(2)7-20(8-16(25)3)37-14-19(34)12-33/h5-11,19,26-28,33-34H,4,12-14H2,1-3H3/t19?,26?,27-,28+,30-/m0/s1. The summed E-state index contributed by atoms with van der Waals surface area (Å²) in [4.78, 5) is 16.9. The number of aromatic nitrogens is 1. The lowest BCUT2D eigenvalue weighted by Gasteiger charge is -2.16. The van der Waals surface area contributed by atoms with Crippen molar-refractivity contribution in [1.29, 1.82) is 0 Å². The summed E-state index contributed by atoms with van der Waals surface area (Å²) in [6.45, 7) is 5.74. The fraction of sp³-hybridized carbons (Fsp3) is 0.400. The van der Waals surface area contributed by atoms with E-state index in [1.807, 2.05) is 39.0 Å². The van der Waals surface area contributed by atoms with Gasteiger partial charge in [0, 0.05) is 29.7 Å². The van der Waals surface area contributed by atoms with E-state index in [0.717, 1.165) is 33.4 Å². The number of aliphatic hydroxyl groups is 2. The van der Waals surface area contributed by atoms with E-state index in [-0.39, 0.29) is 48.9 Å². The van der Waals surface area contributed by atoms with Crippen molar-refractivity contribution in [3.05, 3.63) is 76.2 Å². The second kappa shape index (κ2) is 9.06. The summed E-state index contributed by atoms with van der Waals surface area (Å²) >= 11 is 0. The number of halogens is 1. The summed E-state index contributed by atoms with van der Waals surface area (Å²) < 4.78 is 31.6. The van der Waals surface area contributed by atoms with Crippen molar-refractivity contribution >= 4 is 5.97 Å². The third-order valence-electron chi connectivity index (χ3n) is 8.19. The van der Waals surface area contributed by atoms with Crippen LogP contribution in [0.1, 0.15) is 46.6 Å². The molecule has 198 valence electrons. The van der Waals surface area contributed by atoms with Crippen LogP contribution in [0.25, 0.3) is 11.1 Å². The van der Waals surface area contributed by atoms with Gasteiger partial charge in [-0.05, 0) is 84.3 Å². The van der Waals surface area contributed by atoms with Gasteiger partial charge in [-0.1, -0.05) is 6.07 Å². The van der Waals surface area contributed by atoms with Crippen LogP contribution in [0, 0.1) is 31.0 Å². The maximum Gasteiger partial charge on any atom is 0.313 e. The minimum atomic E-state index is -0.944. The molecule has 4 aliphatic carbocycles. The van der Waals surface area contributed by atoms with Crippen LogP contribution in [0.4, 0.5) is 4.39 Å². The molecular weight excluding hydrogens is 489 g/mol. The second-order valence-electron chi connectivity index (χ2n) is 10.5. The molecule has 2 fully saturated rings. The Balaban J connectivity index is 1.17. The smallest absolute Gasteiger partial charge is 0.313 e. The molecule has 4 aliphatic rings. The SMILES string of the molecule is CCOC(=O)[C@@]12C3c4cc(OCc5cc(-c6c(C)cc(OCC(O)CO)cc6C)ccc5F)ncc4[C@H]1[C@@H]32. The van der Waals surface area contributed by atoms with Gasteiger partial charge in [0.1, 0.15) is 30.9 Å². The Morgan fingerprint density at radius 1 is 1.11 bits per heavy atom. The highest BCUT2D eigenvalue weighted by Gasteiger charge is 2.95. The third kappa shape index (κ3) is 3.69. The first-order valence-electron chi connectivity index (χ1n) is 12.9. The fourth-order valence-corrected chi connectivity index (χ4v) is 6.45. The Labute approximate surface area is 220 Å². The van der Waals surface area contributed by atoms with Crippen LogP contribution in [0.2, 0.25) is 0 Å². The van der Waals surface area contributed by atoms with Gasteiger partial charge in [-0.3, -0.25) is 4.79 Å². The zero-order valence-electron chi connectivity index (χ0n) is 21.5. The number of carbonyl (C=O) groups excluding carboxylic acids is 1. The third-order valence-corrected chi connectivity index (χ3v) is 8.19. The number of pyridine rings is 1. The summed E-state index contributed by atoms with van der Waals surface area (Å²) in [5.74, 6) is 1.29. The highest BCUT2D eigenvalue weighted by Crippen LogP contribution is 2.97. The molecule has 0 aliphatic heterocycles. The molecular formula is C30H30FNO6. The quantitative estimate of drug-likeness (QED) is 0.388. The molecule has 2 N–H and O–H groups in total. The number of benzene rings is 2. The van der Waals surface area contributed by atoms with Crippen molar-refractivity contribution in [3.63, 3.8) is 0 Å². The topological polar surface area (TPSA) is 98.1 Å². The monoisotopic (exact) mass is 519 g/mol. The van der Waals surface area contributed by atoms with Gasteiger partial charge >= 0.3 is 5.97 Å². The molecule has 0 spiro atoms. The average Bonchev–Trinajstić information content (AvgIpc) is 3.69. The van der Waals surface area contributed by atoms with Gasteiger partial charge in [-0.15, -0.1) is 0 Å². The molecule has 5 atom stereocenters. The Bertz CT molecular complexity index is 1420. The molecule has 2 aromatic carbocycles. The van der Waals surface area contributed by atoms with Gasteiger partial charge in [-0.25, -0.2) is 9.37 Å². The van der Waals surface area contributed by atoms with E-state index in [2.05, 4.69) is 4.98 Å². The Morgan fingerprint density at radius 3 is 2.55 bits per heavy atom. The molecule has 38 heavy (non-hydrogen) atoms. The molecule has 8 heteroatoms.